The monoisotopic (exact) mass is 370 g/mol. The summed E-state index contributed by atoms with van der Waals surface area (Å²) in [5.41, 5.74) is 0.742. The number of nitrogens with one attached hydrogen (secondary N) is 1. The van der Waals surface area contributed by atoms with Crippen LogP contribution in [0.3, 0.4) is 0 Å². The summed E-state index contributed by atoms with van der Waals surface area (Å²) in [5.74, 6) is -0.259. The molecule has 2 aromatic carbocycles. The Kier molecular flexibility index (Phi) is 4.65. The molecule has 2 aromatic rings. The van der Waals surface area contributed by atoms with Gasteiger partial charge in [-0.25, -0.2) is 8.42 Å². The third-order valence-corrected chi connectivity index (χ3v) is 7.09. The van der Waals surface area contributed by atoms with Crippen LogP contribution in [-0.4, -0.2) is 43.7 Å². The molecule has 1 saturated carbocycles. The second kappa shape index (κ2) is 6.95. The smallest absolute Gasteiger partial charge is 0.244 e. The molecule has 2 aliphatic rings. The molecular weight excluding hydrogens is 348 g/mol. The van der Waals surface area contributed by atoms with Crippen LogP contribution >= 0.6 is 0 Å². The van der Waals surface area contributed by atoms with E-state index >= 15 is 0 Å². The molecular formula is C20H22N2O3S. The molecule has 1 N–H and O–H groups in total. The highest BCUT2D eigenvalue weighted by molar-refractivity contribution is 7.89. The number of hydrogen-bond acceptors (Lipinski definition) is 4. The first-order valence-electron chi connectivity index (χ1n) is 9.02. The minimum absolute atomic E-state index is 0.0348. The number of ketones is 1. The van der Waals surface area contributed by atoms with Crippen LogP contribution in [0.1, 0.15) is 35.2 Å². The van der Waals surface area contributed by atoms with Gasteiger partial charge in [0.05, 0.1) is 4.90 Å². The Morgan fingerprint density at radius 2 is 1.62 bits per heavy atom. The summed E-state index contributed by atoms with van der Waals surface area (Å²) < 4.78 is 28.7. The van der Waals surface area contributed by atoms with Crippen LogP contribution in [0.15, 0.2) is 59.5 Å². The van der Waals surface area contributed by atoms with Gasteiger partial charge in [0.1, 0.15) is 0 Å². The van der Waals surface area contributed by atoms with Gasteiger partial charge in [0.15, 0.2) is 5.78 Å². The van der Waals surface area contributed by atoms with Crippen LogP contribution < -0.4 is 5.32 Å². The summed E-state index contributed by atoms with van der Waals surface area (Å²) in [6.45, 7) is 1.50. The first-order chi connectivity index (χ1) is 12.6. The summed E-state index contributed by atoms with van der Waals surface area (Å²) in [5, 5.41) is 3.25. The lowest BCUT2D eigenvalue weighted by molar-refractivity contribution is 0.103. The van der Waals surface area contributed by atoms with E-state index in [-0.39, 0.29) is 28.3 Å². The second-order valence-corrected chi connectivity index (χ2v) is 8.72. The van der Waals surface area contributed by atoms with Gasteiger partial charge in [-0.15, -0.1) is 0 Å². The van der Waals surface area contributed by atoms with Crippen LogP contribution in [-0.2, 0) is 10.0 Å². The van der Waals surface area contributed by atoms with Crippen molar-refractivity contribution in [1.82, 2.24) is 9.62 Å². The highest BCUT2D eigenvalue weighted by Gasteiger charge is 2.44. The molecule has 0 spiro atoms. The third kappa shape index (κ3) is 3.20. The van der Waals surface area contributed by atoms with Crippen molar-refractivity contribution < 1.29 is 13.2 Å². The maximum absolute atomic E-state index is 13.5. The molecule has 5 nitrogen and oxygen atoms in total. The molecule has 0 radical (unpaired) electrons. The topological polar surface area (TPSA) is 66.5 Å². The second-order valence-electron chi connectivity index (χ2n) is 6.90. The number of rotatable bonds is 6. The molecule has 1 saturated heterocycles. The third-order valence-electron chi connectivity index (χ3n) is 5.02. The summed E-state index contributed by atoms with van der Waals surface area (Å²) in [6, 6.07) is 15.4. The maximum atomic E-state index is 13.5. The molecule has 26 heavy (non-hydrogen) atoms. The van der Waals surface area contributed by atoms with Crippen molar-refractivity contribution in [2.45, 2.75) is 36.2 Å². The minimum atomic E-state index is -3.73. The van der Waals surface area contributed by atoms with Crippen LogP contribution in [0.25, 0.3) is 0 Å². The number of nitrogens with zero attached hydrogens (tertiary/aromatic N) is 1. The van der Waals surface area contributed by atoms with E-state index < -0.39 is 10.0 Å². The van der Waals surface area contributed by atoms with Crippen LogP contribution in [0.4, 0.5) is 0 Å². The predicted molar refractivity (Wildman–Crippen MR) is 99.6 cm³/mol. The van der Waals surface area contributed by atoms with E-state index in [1.165, 1.54) is 0 Å². The van der Waals surface area contributed by atoms with Crippen molar-refractivity contribution in [2.75, 3.05) is 13.1 Å². The Bertz CT molecular complexity index is 902. The molecule has 6 heteroatoms. The lowest BCUT2D eigenvalue weighted by Crippen LogP contribution is -2.43. The van der Waals surface area contributed by atoms with Gasteiger partial charge >= 0.3 is 0 Å². The highest BCUT2D eigenvalue weighted by Crippen LogP contribution is 2.36. The molecule has 4 rings (SSSR count). The fourth-order valence-corrected chi connectivity index (χ4v) is 5.71. The summed E-state index contributed by atoms with van der Waals surface area (Å²) in [6.07, 6.45) is 2.60. The molecule has 1 unspecified atom stereocenters. The first kappa shape index (κ1) is 17.4. The molecule has 1 aliphatic heterocycles. The zero-order valence-electron chi connectivity index (χ0n) is 14.5. The van der Waals surface area contributed by atoms with E-state index in [1.54, 1.807) is 52.8 Å². The lowest BCUT2D eigenvalue weighted by atomic mass is 10.0. The van der Waals surface area contributed by atoms with Gasteiger partial charge in [0, 0.05) is 29.8 Å². The first-order valence-corrected chi connectivity index (χ1v) is 10.5. The Balaban J connectivity index is 1.76. The summed E-state index contributed by atoms with van der Waals surface area (Å²) >= 11 is 0. The molecule has 1 heterocycles. The number of carbonyl (C=O) groups excluding carboxylic acids is 1. The van der Waals surface area contributed by atoms with Gasteiger partial charge in [0.25, 0.3) is 0 Å². The zero-order valence-corrected chi connectivity index (χ0v) is 15.3. The summed E-state index contributed by atoms with van der Waals surface area (Å²) in [4.78, 5) is 13.1. The Morgan fingerprint density at radius 3 is 2.27 bits per heavy atom. The van der Waals surface area contributed by atoms with E-state index in [0.717, 1.165) is 25.8 Å². The van der Waals surface area contributed by atoms with Crippen LogP contribution in [0.5, 0.6) is 0 Å². The van der Waals surface area contributed by atoms with Gasteiger partial charge in [0.2, 0.25) is 10.0 Å². The minimum Gasteiger partial charge on any atom is -0.315 e. The maximum Gasteiger partial charge on any atom is 0.244 e. The number of sulfonamides is 1. The van der Waals surface area contributed by atoms with E-state index in [4.69, 9.17) is 0 Å². The van der Waals surface area contributed by atoms with Crippen molar-refractivity contribution >= 4 is 15.8 Å². The predicted octanol–water partition coefficient (Wildman–Crippen LogP) is 2.43. The fourth-order valence-electron chi connectivity index (χ4n) is 3.61. The van der Waals surface area contributed by atoms with Gasteiger partial charge in [-0.3, -0.25) is 4.79 Å². The lowest BCUT2D eigenvalue weighted by Gasteiger charge is -2.28. The standard InChI is InChI=1S/C20H22N2O3S/c23-20(15-6-2-1-3-7-15)18-8-4-5-9-19(18)26(24,25)22(16-10-11-16)17-12-13-21-14-17/h1-9,16-17,21H,10-14H2. The van der Waals surface area contributed by atoms with E-state index in [0.29, 0.717) is 12.1 Å². The highest BCUT2D eigenvalue weighted by atomic mass is 32.2. The Hall–Kier alpha value is -2.02. The van der Waals surface area contributed by atoms with Crippen molar-refractivity contribution in [2.24, 2.45) is 0 Å². The van der Waals surface area contributed by atoms with Gasteiger partial charge < -0.3 is 5.32 Å². The average molecular weight is 370 g/mol. The van der Waals surface area contributed by atoms with E-state index in [1.807, 2.05) is 6.07 Å². The molecule has 136 valence electrons. The SMILES string of the molecule is O=C(c1ccccc1)c1ccccc1S(=O)(=O)N(C1CC1)C1CCNC1. The van der Waals surface area contributed by atoms with E-state index in [9.17, 15) is 13.2 Å². The fraction of sp³-hybridized carbons (Fsp3) is 0.350. The van der Waals surface area contributed by atoms with Crippen molar-refractivity contribution in [1.29, 1.82) is 0 Å². The largest absolute Gasteiger partial charge is 0.315 e. The van der Waals surface area contributed by atoms with Crippen molar-refractivity contribution in [3.05, 3.63) is 65.7 Å². The number of carbonyl (C=O) groups is 1. The molecule has 2 fully saturated rings. The molecule has 0 bridgehead atoms. The molecule has 1 atom stereocenters. The van der Waals surface area contributed by atoms with E-state index in [2.05, 4.69) is 5.32 Å². The number of benzene rings is 2. The zero-order chi connectivity index (χ0) is 18.1. The van der Waals surface area contributed by atoms with Crippen LogP contribution in [0.2, 0.25) is 0 Å². The molecule has 0 amide bonds. The van der Waals surface area contributed by atoms with Gasteiger partial charge in [-0.05, 0) is 37.9 Å². The van der Waals surface area contributed by atoms with Gasteiger partial charge in [-0.2, -0.15) is 4.31 Å². The van der Waals surface area contributed by atoms with Crippen molar-refractivity contribution in [3.63, 3.8) is 0 Å². The van der Waals surface area contributed by atoms with Crippen molar-refractivity contribution in [3.8, 4) is 0 Å². The van der Waals surface area contributed by atoms with Crippen LogP contribution in [0, 0.1) is 0 Å². The quantitative estimate of drug-likeness (QED) is 0.793. The molecule has 1 aliphatic carbocycles. The Labute approximate surface area is 154 Å². The normalized spacial score (nSPS) is 20.4. The molecule has 0 aromatic heterocycles. The number of hydrogen-bond donors (Lipinski definition) is 1. The summed E-state index contributed by atoms with van der Waals surface area (Å²) in [7, 11) is -3.73. The van der Waals surface area contributed by atoms with Gasteiger partial charge in [-0.1, -0.05) is 42.5 Å². The average Bonchev–Trinajstić information content (AvgIpc) is 3.35. The Morgan fingerprint density at radius 1 is 0.923 bits per heavy atom.